The Labute approximate surface area is 97.9 Å². The van der Waals surface area contributed by atoms with Crippen molar-refractivity contribution in [1.82, 2.24) is 0 Å². The van der Waals surface area contributed by atoms with E-state index in [4.69, 9.17) is 22.5 Å². The summed E-state index contributed by atoms with van der Waals surface area (Å²) in [4.78, 5) is 11.4. The zero-order chi connectivity index (χ0) is 12.1. The van der Waals surface area contributed by atoms with Crippen LogP contribution in [0.1, 0.15) is 12.0 Å². The molecule has 86 valence electrons. The number of benzene rings is 1. The van der Waals surface area contributed by atoms with Gasteiger partial charge in [0.15, 0.2) is 0 Å². The lowest BCUT2D eigenvalue weighted by Gasteiger charge is -2.07. The molecule has 0 aromatic heterocycles. The van der Waals surface area contributed by atoms with Crippen LogP contribution < -0.4 is 11.1 Å². The molecule has 5 nitrogen and oxygen atoms in total. The minimum atomic E-state index is -0.347. The Kier molecular flexibility index (Phi) is 4.13. The fourth-order valence-corrected chi connectivity index (χ4v) is 1.39. The average molecular weight is 242 g/mol. The Hall–Kier alpha value is -1.75. The van der Waals surface area contributed by atoms with E-state index in [1.165, 1.54) is 0 Å². The standard InChI is InChI=1S/C10H12ClN3O2/c1-6-4-7(11)2-3-8(6)13-10(15)5-9(12)14-16/h2-4,16H,5H2,1H3,(H2,12,14)(H,13,15). The molecule has 0 spiro atoms. The Bertz CT molecular complexity index is 432. The quantitative estimate of drug-likeness (QED) is 0.326. The van der Waals surface area contributed by atoms with Crippen LogP contribution in [0.2, 0.25) is 5.02 Å². The molecule has 1 aromatic rings. The first-order valence-electron chi connectivity index (χ1n) is 4.55. The molecule has 1 aromatic carbocycles. The minimum Gasteiger partial charge on any atom is -0.409 e. The Balaban J connectivity index is 2.70. The summed E-state index contributed by atoms with van der Waals surface area (Å²) in [5, 5.41) is 14.3. The lowest BCUT2D eigenvalue weighted by atomic mass is 10.2. The van der Waals surface area contributed by atoms with Gasteiger partial charge in [-0.25, -0.2) is 0 Å². The predicted molar refractivity (Wildman–Crippen MR) is 62.8 cm³/mol. The summed E-state index contributed by atoms with van der Waals surface area (Å²) in [6, 6.07) is 5.11. The summed E-state index contributed by atoms with van der Waals surface area (Å²) in [7, 11) is 0. The van der Waals surface area contributed by atoms with Crippen LogP contribution in [0.3, 0.4) is 0 Å². The Morgan fingerprint density at radius 3 is 2.88 bits per heavy atom. The number of anilines is 1. The second-order valence-corrected chi connectivity index (χ2v) is 3.71. The zero-order valence-corrected chi connectivity index (χ0v) is 9.45. The molecule has 0 aliphatic rings. The predicted octanol–water partition coefficient (Wildman–Crippen LogP) is 1.72. The van der Waals surface area contributed by atoms with Gasteiger partial charge in [-0.05, 0) is 30.7 Å². The summed E-state index contributed by atoms with van der Waals surface area (Å²) < 4.78 is 0. The highest BCUT2D eigenvalue weighted by Gasteiger charge is 2.07. The van der Waals surface area contributed by atoms with Crippen LogP contribution in [0.5, 0.6) is 0 Å². The van der Waals surface area contributed by atoms with Crippen molar-refractivity contribution in [3.63, 3.8) is 0 Å². The number of carbonyl (C=O) groups is 1. The number of carbonyl (C=O) groups excluding carboxylic acids is 1. The zero-order valence-electron chi connectivity index (χ0n) is 8.70. The summed E-state index contributed by atoms with van der Waals surface area (Å²) in [6.45, 7) is 1.82. The van der Waals surface area contributed by atoms with Crippen molar-refractivity contribution in [2.75, 3.05) is 5.32 Å². The second-order valence-electron chi connectivity index (χ2n) is 3.28. The summed E-state index contributed by atoms with van der Waals surface area (Å²) in [6.07, 6.45) is -0.154. The van der Waals surface area contributed by atoms with Gasteiger partial charge < -0.3 is 16.3 Å². The summed E-state index contributed by atoms with van der Waals surface area (Å²) in [5.74, 6) is -0.482. The molecular weight excluding hydrogens is 230 g/mol. The van der Waals surface area contributed by atoms with Gasteiger partial charge in [0.25, 0.3) is 0 Å². The van der Waals surface area contributed by atoms with Crippen molar-refractivity contribution in [3.8, 4) is 0 Å². The van der Waals surface area contributed by atoms with Crippen LogP contribution >= 0.6 is 11.6 Å². The van der Waals surface area contributed by atoms with Crippen molar-refractivity contribution >= 4 is 29.0 Å². The van der Waals surface area contributed by atoms with E-state index in [1.54, 1.807) is 18.2 Å². The molecule has 0 radical (unpaired) electrons. The van der Waals surface area contributed by atoms with E-state index in [0.717, 1.165) is 5.56 Å². The average Bonchev–Trinajstić information content (AvgIpc) is 2.22. The topological polar surface area (TPSA) is 87.7 Å². The van der Waals surface area contributed by atoms with Crippen LogP contribution in [0, 0.1) is 6.92 Å². The number of halogens is 1. The number of rotatable bonds is 3. The van der Waals surface area contributed by atoms with Gasteiger partial charge in [0, 0.05) is 10.7 Å². The highest BCUT2D eigenvalue weighted by molar-refractivity contribution is 6.30. The first-order chi connectivity index (χ1) is 7.52. The maximum Gasteiger partial charge on any atom is 0.232 e. The largest absolute Gasteiger partial charge is 0.409 e. The Morgan fingerprint density at radius 2 is 2.31 bits per heavy atom. The molecule has 0 aliphatic heterocycles. The number of nitrogens with one attached hydrogen (secondary N) is 1. The monoisotopic (exact) mass is 241 g/mol. The van der Waals surface area contributed by atoms with Gasteiger partial charge in [-0.1, -0.05) is 16.8 Å². The van der Waals surface area contributed by atoms with Crippen LogP contribution in [-0.2, 0) is 4.79 Å². The number of hydrogen-bond donors (Lipinski definition) is 3. The van der Waals surface area contributed by atoms with Crippen molar-refractivity contribution in [2.24, 2.45) is 10.9 Å². The molecule has 6 heteroatoms. The Morgan fingerprint density at radius 1 is 1.62 bits per heavy atom. The first kappa shape index (κ1) is 12.3. The first-order valence-corrected chi connectivity index (χ1v) is 4.93. The molecule has 1 amide bonds. The number of amides is 1. The van der Waals surface area contributed by atoms with Gasteiger partial charge in [0.1, 0.15) is 5.84 Å². The lowest BCUT2D eigenvalue weighted by Crippen LogP contribution is -2.22. The van der Waals surface area contributed by atoms with Gasteiger partial charge in [-0.3, -0.25) is 4.79 Å². The maximum atomic E-state index is 11.4. The number of hydrogen-bond acceptors (Lipinski definition) is 3. The summed E-state index contributed by atoms with van der Waals surface area (Å²) >= 11 is 5.78. The summed E-state index contributed by atoms with van der Waals surface area (Å²) in [5.41, 5.74) is 6.71. The molecule has 16 heavy (non-hydrogen) atoms. The highest BCUT2D eigenvalue weighted by atomic mass is 35.5. The van der Waals surface area contributed by atoms with E-state index in [-0.39, 0.29) is 18.2 Å². The van der Waals surface area contributed by atoms with E-state index in [0.29, 0.717) is 10.7 Å². The van der Waals surface area contributed by atoms with Crippen molar-refractivity contribution in [3.05, 3.63) is 28.8 Å². The van der Waals surface area contributed by atoms with Crippen LogP contribution in [0.15, 0.2) is 23.4 Å². The van der Waals surface area contributed by atoms with Crippen LogP contribution in [-0.4, -0.2) is 17.0 Å². The third-order valence-electron chi connectivity index (χ3n) is 1.93. The van der Waals surface area contributed by atoms with Gasteiger partial charge in [-0.15, -0.1) is 0 Å². The molecular formula is C10H12ClN3O2. The molecule has 0 heterocycles. The molecule has 0 fully saturated rings. The van der Waals surface area contributed by atoms with Gasteiger partial charge >= 0.3 is 0 Å². The van der Waals surface area contributed by atoms with Crippen LogP contribution in [0.25, 0.3) is 0 Å². The number of nitrogens with two attached hydrogens (primary N) is 1. The number of oxime groups is 1. The van der Waals surface area contributed by atoms with E-state index < -0.39 is 0 Å². The highest BCUT2D eigenvalue weighted by Crippen LogP contribution is 2.19. The van der Waals surface area contributed by atoms with Gasteiger partial charge in [-0.2, -0.15) is 0 Å². The molecule has 0 saturated carbocycles. The third kappa shape index (κ3) is 3.43. The maximum absolute atomic E-state index is 11.4. The smallest absolute Gasteiger partial charge is 0.232 e. The lowest BCUT2D eigenvalue weighted by molar-refractivity contribution is -0.115. The SMILES string of the molecule is Cc1cc(Cl)ccc1NC(=O)C/C(N)=N/O. The van der Waals surface area contributed by atoms with E-state index in [2.05, 4.69) is 10.5 Å². The molecule has 0 bridgehead atoms. The molecule has 4 N–H and O–H groups in total. The molecule has 0 aliphatic carbocycles. The fourth-order valence-electron chi connectivity index (χ4n) is 1.16. The van der Waals surface area contributed by atoms with E-state index >= 15 is 0 Å². The normalized spacial score (nSPS) is 11.2. The number of amidine groups is 1. The van der Waals surface area contributed by atoms with Crippen molar-refractivity contribution in [2.45, 2.75) is 13.3 Å². The molecule has 1 rings (SSSR count). The third-order valence-corrected chi connectivity index (χ3v) is 2.17. The minimum absolute atomic E-state index is 0.135. The van der Waals surface area contributed by atoms with Crippen molar-refractivity contribution < 1.29 is 10.0 Å². The van der Waals surface area contributed by atoms with Crippen LogP contribution in [0.4, 0.5) is 5.69 Å². The number of nitrogens with zero attached hydrogens (tertiary/aromatic N) is 1. The second kappa shape index (κ2) is 5.37. The van der Waals surface area contributed by atoms with E-state index in [9.17, 15) is 4.79 Å². The van der Waals surface area contributed by atoms with Gasteiger partial charge in [0.2, 0.25) is 5.91 Å². The van der Waals surface area contributed by atoms with E-state index in [1.807, 2.05) is 6.92 Å². The molecule has 0 atom stereocenters. The van der Waals surface area contributed by atoms with Gasteiger partial charge in [0.05, 0.1) is 6.42 Å². The van der Waals surface area contributed by atoms with Crippen molar-refractivity contribution in [1.29, 1.82) is 0 Å². The fraction of sp³-hybridized carbons (Fsp3) is 0.200. The number of aryl methyl sites for hydroxylation is 1. The molecule has 0 saturated heterocycles. The molecule has 0 unspecified atom stereocenters.